The molecule has 0 bridgehead atoms. The van der Waals surface area contributed by atoms with E-state index in [1.54, 1.807) is 12.1 Å². The maximum atomic E-state index is 12.9. The predicted molar refractivity (Wildman–Crippen MR) is 71.5 cm³/mol. The number of halogens is 1. The molecule has 0 unspecified atom stereocenters. The van der Waals surface area contributed by atoms with Gasteiger partial charge < -0.3 is 10.1 Å². The van der Waals surface area contributed by atoms with Gasteiger partial charge in [-0.3, -0.25) is 4.79 Å². The number of hydrogen-bond acceptors (Lipinski definition) is 2. The van der Waals surface area contributed by atoms with Gasteiger partial charge in [-0.25, -0.2) is 4.39 Å². The predicted octanol–water partition coefficient (Wildman–Crippen LogP) is 2.90. The molecule has 0 saturated heterocycles. The normalized spacial score (nSPS) is 22.8. The Balaban J connectivity index is 1.73. The third-order valence-electron chi connectivity index (χ3n) is 3.55. The van der Waals surface area contributed by atoms with Gasteiger partial charge in [-0.1, -0.05) is 13.0 Å². The lowest BCUT2D eigenvalue weighted by atomic mass is 9.87. The Hall–Kier alpha value is -1.58. The van der Waals surface area contributed by atoms with E-state index < -0.39 is 0 Å². The van der Waals surface area contributed by atoms with Crippen LogP contribution in [0.25, 0.3) is 0 Å². The second-order valence-electron chi connectivity index (χ2n) is 5.27. The van der Waals surface area contributed by atoms with Gasteiger partial charge in [0.2, 0.25) is 0 Å². The summed E-state index contributed by atoms with van der Waals surface area (Å²) in [4.78, 5) is 11.7. The van der Waals surface area contributed by atoms with Crippen LogP contribution in [0.4, 0.5) is 4.39 Å². The molecule has 0 aliphatic heterocycles. The van der Waals surface area contributed by atoms with E-state index in [-0.39, 0.29) is 24.4 Å². The van der Waals surface area contributed by atoms with Crippen molar-refractivity contribution < 1.29 is 13.9 Å². The van der Waals surface area contributed by atoms with E-state index in [0.717, 1.165) is 31.6 Å². The average molecular weight is 265 g/mol. The summed E-state index contributed by atoms with van der Waals surface area (Å²) in [6.45, 7) is 2.18. The largest absolute Gasteiger partial charge is 0.484 e. The van der Waals surface area contributed by atoms with Crippen LogP contribution in [0.2, 0.25) is 0 Å². The zero-order valence-electron chi connectivity index (χ0n) is 11.2. The molecule has 1 saturated carbocycles. The van der Waals surface area contributed by atoms with Crippen LogP contribution in [-0.2, 0) is 4.79 Å². The minimum atomic E-state index is -0.362. The van der Waals surface area contributed by atoms with Crippen LogP contribution in [0.5, 0.6) is 5.75 Å². The quantitative estimate of drug-likeness (QED) is 0.909. The van der Waals surface area contributed by atoms with Gasteiger partial charge in [-0.2, -0.15) is 0 Å². The number of benzene rings is 1. The molecule has 1 aromatic carbocycles. The molecule has 19 heavy (non-hydrogen) atoms. The summed E-state index contributed by atoms with van der Waals surface area (Å²) in [5.74, 6) is 0.645. The van der Waals surface area contributed by atoms with Crippen LogP contribution < -0.4 is 10.1 Å². The molecular weight excluding hydrogens is 245 g/mol. The van der Waals surface area contributed by atoms with Crippen molar-refractivity contribution in [1.82, 2.24) is 5.32 Å². The molecule has 0 heterocycles. The molecule has 104 valence electrons. The highest BCUT2D eigenvalue weighted by Crippen LogP contribution is 2.23. The molecule has 0 radical (unpaired) electrons. The zero-order chi connectivity index (χ0) is 13.7. The highest BCUT2D eigenvalue weighted by molar-refractivity contribution is 5.77. The molecular formula is C15H20FNO2. The fourth-order valence-corrected chi connectivity index (χ4v) is 2.38. The van der Waals surface area contributed by atoms with E-state index in [4.69, 9.17) is 4.74 Å². The number of amides is 1. The van der Waals surface area contributed by atoms with E-state index >= 15 is 0 Å². The lowest BCUT2D eigenvalue weighted by Gasteiger charge is -2.26. The molecule has 0 atom stereocenters. The van der Waals surface area contributed by atoms with Crippen LogP contribution in [-0.4, -0.2) is 18.6 Å². The number of carbonyl (C=O) groups is 1. The Morgan fingerprint density at radius 3 is 2.79 bits per heavy atom. The highest BCUT2D eigenvalue weighted by Gasteiger charge is 2.19. The van der Waals surface area contributed by atoms with Gasteiger partial charge in [0.05, 0.1) is 0 Å². The summed E-state index contributed by atoms with van der Waals surface area (Å²) < 4.78 is 18.2. The first-order valence-electron chi connectivity index (χ1n) is 6.81. The third kappa shape index (κ3) is 4.54. The Morgan fingerprint density at radius 2 is 2.11 bits per heavy atom. The average Bonchev–Trinajstić information content (AvgIpc) is 2.39. The first-order chi connectivity index (χ1) is 9.13. The van der Waals surface area contributed by atoms with Crippen molar-refractivity contribution in [2.75, 3.05) is 6.61 Å². The Kier molecular flexibility index (Phi) is 4.77. The minimum Gasteiger partial charge on any atom is -0.484 e. The van der Waals surface area contributed by atoms with Gasteiger partial charge in [0.1, 0.15) is 11.6 Å². The Bertz CT molecular complexity index is 428. The molecule has 0 spiro atoms. The number of nitrogens with one attached hydrogen (secondary N) is 1. The molecule has 1 aliphatic carbocycles. The van der Waals surface area contributed by atoms with Crippen molar-refractivity contribution in [3.05, 3.63) is 30.1 Å². The minimum absolute atomic E-state index is 0.0600. The van der Waals surface area contributed by atoms with Crippen LogP contribution >= 0.6 is 0 Å². The molecule has 1 fully saturated rings. The van der Waals surface area contributed by atoms with E-state index in [0.29, 0.717) is 5.75 Å². The monoisotopic (exact) mass is 265 g/mol. The number of hydrogen-bond donors (Lipinski definition) is 1. The maximum Gasteiger partial charge on any atom is 0.258 e. The zero-order valence-corrected chi connectivity index (χ0v) is 11.2. The van der Waals surface area contributed by atoms with Crippen molar-refractivity contribution >= 4 is 5.91 Å². The highest BCUT2D eigenvalue weighted by atomic mass is 19.1. The molecule has 1 aromatic rings. The van der Waals surface area contributed by atoms with Crippen LogP contribution in [0.1, 0.15) is 32.6 Å². The topological polar surface area (TPSA) is 38.3 Å². The SMILES string of the molecule is CC1CCC(NC(=O)COc2cccc(F)c2)CC1. The first kappa shape index (κ1) is 13.8. The third-order valence-corrected chi connectivity index (χ3v) is 3.55. The summed E-state index contributed by atoms with van der Waals surface area (Å²) >= 11 is 0. The molecule has 1 amide bonds. The summed E-state index contributed by atoms with van der Waals surface area (Å²) in [7, 11) is 0. The van der Waals surface area contributed by atoms with Gasteiger partial charge in [0.15, 0.2) is 6.61 Å². The van der Waals surface area contributed by atoms with Crippen molar-refractivity contribution in [1.29, 1.82) is 0 Å². The van der Waals surface area contributed by atoms with Gasteiger partial charge in [-0.05, 0) is 43.7 Å². The van der Waals surface area contributed by atoms with E-state index in [2.05, 4.69) is 12.2 Å². The molecule has 2 rings (SSSR count). The standard InChI is InChI=1S/C15H20FNO2/c1-11-5-7-13(8-6-11)17-15(18)10-19-14-4-2-3-12(16)9-14/h2-4,9,11,13H,5-8,10H2,1H3,(H,17,18). The number of carbonyl (C=O) groups excluding carboxylic acids is 1. The van der Waals surface area contributed by atoms with Crippen molar-refractivity contribution in [3.8, 4) is 5.75 Å². The molecule has 4 heteroatoms. The fraction of sp³-hybridized carbons (Fsp3) is 0.533. The molecule has 1 aliphatic rings. The Labute approximate surface area is 113 Å². The van der Waals surface area contributed by atoms with Gasteiger partial charge >= 0.3 is 0 Å². The van der Waals surface area contributed by atoms with Crippen LogP contribution in [0.3, 0.4) is 0 Å². The first-order valence-corrected chi connectivity index (χ1v) is 6.81. The molecule has 1 N–H and O–H groups in total. The lowest BCUT2D eigenvalue weighted by molar-refractivity contribution is -0.124. The summed E-state index contributed by atoms with van der Waals surface area (Å²) in [5, 5.41) is 2.97. The van der Waals surface area contributed by atoms with E-state index in [1.807, 2.05) is 0 Å². The maximum absolute atomic E-state index is 12.9. The summed E-state index contributed by atoms with van der Waals surface area (Å²) in [6, 6.07) is 6.08. The van der Waals surface area contributed by atoms with Gasteiger partial charge in [0, 0.05) is 12.1 Å². The van der Waals surface area contributed by atoms with E-state index in [9.17, 15) is 9.18 Å². The summed E-state index contributed by atoms with van der Waals surface area (Å²) in [5.41, 5.74) is 0. The lowest BCUT2D eigenvalue weighted by Crippen LogP contribution is -2.39. The van der Waals surface area contributed by atoms with Crippen LogP contribution in [0, 0.1) is 11.7 Å². The van der Waals surface area contributed by atoms with Crippen molar-refractivity contribution in [2.45, 2.75) is 38.6 Å². The van der Waals surface area contributed by atoms with Gasteiger partial charge in [0.25, 0.3) is 5.91 Å². The number of rotatable bonds is 4. The smallest absolute Gasteiger partial charge is 0.258 e. The van der Waals surface area contributed by atoms with Crippen LogP contribution in [0.15, 0.2) is 24.3 Å². The Morgan fingerprint density at radius 1 is 1.37 bits per heavy atom. The van der Waals surface area contributed by atoms with Crippen molar-refractivity contribution in [2.24, 2.45) is 5.92 Å². The second kappa shape index (κ2) is 6.55. The molecule has 0 aromatic heterocycles. The van der Waals surface area contributed by atoms with E-state index in [1.165, 1.54) is 12.1 Å². The van der Waals surface area contributed by atoms with Gasteiger partial charge in [-0.15, -0.1) is 0 Å². The molecule has 3 nitrogen and oxygen atoms in total. The summed E-state index contributed by atoms with van der Waals surface area (Å²) in [6.07, 6.45) is 4.39. The second-order valence-corrected chi connectivity index (χ2v) is 5.27. The fourth-order valence-electron chi connectivity index (χ4n) is 2.38. The van der Waals surface area contributed by atoms with Crippen molar-refractivity contribution in [3.63, 3.8) is 0 Å². The number of ether oxygens (including phenoxy) is 1.